The van der Waals surface area contributed by atoms with Crippen molar-refractivity contribution in [3.8, 4) is 29.1 Å². The van der Waals surface area contributed by atoms with Gasteiger partial charge in [0.2, 0.25) is 0 Å². The Bertz CT molecular complexity index is 6560. The first-order valence-electron chi connectivity index (χ1n) is 42.6. The van der Waals surface area contributed by atoms with Gasteiger partial charge < -0.3 is 70.0 Å². The maximum Gasteiger partial charge on any atom is 0.188 e. The van der Waals surface area contributed by atoms with Crippen molar-refractivity contribution in [2.45, 2.75) is 94.4 Å². The van der Waals surface area contributed by atoms with Gasteiger partial charge in [-0.3, -0.25) is 51.0 Å². The molecular formula is C104H99FN16O9. The molecule has 130 heavy (non-hydrogen) atoms. The van der Waals surface area contributed by atoms with Crippen molar-refractivity contribution in [2.75, 3.05) is 112 Å². The summed E-state index contributed by atoms with van der Waals surface area (Å²) in [5, 5.41) is 68.6. The molecule has 0 atom stereocenters. The van der Waals surface area contributed by atoms with Gasteiger partial charge >= 0.3 is 0 Å². The standard InChI is InChI=1S/C21H18N4O3.3C21H21N3O.C20H18FN3O3/c1-27-15-7-14(8-16(9-15)28-2)25-11-18(26)19(21(25)23)17-6-12-4-3-5-13(10-22)20(12)24-17;2*1-12-4-5-15-10-18(23-17(15)9-12)20-19(25)11-24(21(20)22)16-7-13(2)6-14(3)8-16;1-12-7-13(2)9-16(8-12)24-11-18(25)19(21(24)22)17-10-15-6-4-5-14(3)20(15)23-17;1-26-13-7-12(8-14(9-13)27-2)24-10-17(25)18(20(24)22)16-6-11-4-3-5-15(21)19(11)23-16/h3-5,7-9,23-24H,6,11H2,1-2H3;3*4-9,22-23H,10-11H2,1-3H3;3-5,7-9,22-23H,6,10H2,1-2H3. The number of carbonyl (C=O) groups is 5. The predicted octanol–water partition coefficient (Wildman–Crippen LogP) is 17.7. The summed E-state index contributed by atoms with van der Waals surface area (Å²) in [4.78, 5) is 72.1. The number of halogens is 1. The molecule has 5 saturated heterocycles. The van der Waals surface area contributed by atoms with E-state index in [1.54, 1.807) is 96.6 Å². The van der Waals surface area contributed by atoms with Crippen LogP contribution in [0.5, 0.6) is 23.0 Å². The molecule has 0 radical (unpaired) electrons. The number of hydrogen-bond acceptors (Lipinski definition) is 20. The molecule has 10 heterocycles. The largest absolute Gasteiger partial charge is 0.497 e. The second kappa shape index (κ2) is 35.9. The van der Waals surface area contributed by atoms with Gasteiger partial charge in [-0.2, -0.15) is 5.26 Å². The number of para-hydroxylation sites is 3. The molecule has 0 spiro atoms. The highest BCUT2D eigenvalue weighted by Crippen LogP contribution is 2.43. The van der Waals surface area contributed by atoms with E-state index in [1.165, 1.54) is 33.9 Å². The first kappa shape index (κ1) is 87.7. The lowest BCUT2D eigenvalue weighted by atomic mass is 10.1. The number of ether oxygens (including phenoxy) is 4. The van der Waals surface area contributed by atoms with Crippen LogP contribution in [0.1, 0.15) is 83.5 Å². The Morgan fingerprint density at radius 2 is 0.585 bits per heavy atom. The van der Waals surface area contributed by atoms with Crippen LogP contribution in [0, 0.1) is 107 Å². The Labute approximate surface area is 753 Å². The fourth-order valence-corrected chi connectivity index (χ4v) is 18.2. The molecule has 0 saturated carbocycles. The van der Waals surface area contributed by atoms with Crippen LogP contribution in [0.2, 0.25) is 0 Å². The van der Waals surface area contributed by atoms with E-state index < -0.39 is 0 Å². The third-order valence-electron chi connectivity index (χ3n) is 24.3. The molecule has 0 aliphatic carbocycles. The van der Waals surface area contributed by atoms with Crippen molar-refractivity contribution in [1.29, 1.82) is 32.3 Å². The normalized spacial score (nSPS) is 18.9. The fourth-order valence-electron chi connectivity index (χ4n) is 18.2. The third kappa shape index (κ3) is 17.4. The van der Waals surface area contributed by atoms with Crippen LogP contribution in [0.4, 0.5) is 61.3 Å². The second-order valence-electron chi connectivity index (χ2n) is 33.9. The number of aryl methyl sites for hydroxylation is 9. The minimum Gasteiger partial charge on any atom is -0.497 e. The second-order valence-corrected chi connectivity index (χ2v) is 33.9. The number of fused-ring (bicyclic) bond motifs is 5. The van der Waals surface area contributed by atoms with E-state index in [2.05, 4.69) is 120 Å². The summed E-state index contributed by atoms with van der Waals surface area (Å²) < 4.78 is 35.1. The number of ketones is 5. The molecule has 0 amide bonds. The zero-order valence-corrected chi connectivity index (χ0v) is 74.6. The number of allylic oxidation sites excluding steroid dienone is 5. The Morgan fingerprint density at radius 1 is 0.308 bits per heavy atom. The smallest absolute Gasteiger partial charge is 0.188 e. The van der Waals surface area contributed by atoms with Crippen molar-refractivity contribution in [1.82, 2.24) is 0 Å². The highest BCUT2D eigenvalue weighted by atomic mass is 19.1. The molecule has 5 fully saturated rings. The van der Waals surface area contributed by atoms with Crippen LogP contribution in [0.25, 0.3) is 0 Å². The Kier molecular flexibility index (Phi) is 24.2. The number of methoxy groups -OCH3 is 4. The quantitative estimate of drug-likeness (QED) is 0.0600. The van der Waals surface area contributed by atoms with E-state index in [0.29, 0.717) is 129 Å². The molecule has 656 valence electrons. The van der Waals surface area contributed by atoms with Crippen LogP contribution in [-0.4, -0.2) is 119 Å². The molecule has 20 rings (SSSR count). The van der Waals surface area contributed by atoms with Gasteiger partial charge in [-0.1, -0.05) is 84.9 Å². The van der Waals surface area contributed by atoms with Gasteiger partial charge in [-0.15, -0.1) is 0 Å². The summed E-state index contributed by atoms with van der Waals surface area (Å²) in [6.45, 7) is 19.2. The zero-order valence-electron chi connectivity index (χ0n) is 74.6. The van der Waals surface area contributed by atoms with E-state index in [0.717, 1.165) is 107 Å². The van der Waals surface area contributed by atoms with Gasteiger partial charge in [0.25, 0.3) is 0 Å². The lowest BCUT2D eigenvalue weighted by Crippen LogP contribution is -2.25. The number of amidine groups is 5. The lowest BCUT2D eigenvalue weighted by molar-refractivity contribution is -0.114. The molecule has 10 N–H and O–H groups in total. The van der Waals surface area contributed by atoms with Gasteiger partial charge in [0.15, 0.2) is 28.9 Å². The molecule has 10 aliphatic heterocycles. The highest BCUT2D eigenvalue weighted by molar-refractivity contribution is 6.37. The molecule has 26 heteroatoms. The van der Waals surface area contributed by atoms with Crippen molar-refractivity contribution >= 4 is 115 Å². The van der Waals surface area contributed by atoms with E-state index in [4.69, 9.17) is 46.0 Å². The minimum atomic E-state index is -0.366. The van der Waals surface area contributed by atoms with E-state index in [1.807, 2.05) is 107 Å². The summed E-state index contributed by atoms with van der Waals surface area (Å²) in [6, 6.07) is 60.1. The molecule has 0 unspecified atom stereocenters. The number of benzene rings is 10. The summed E-state index contributed by atoms with van der Waals surface area (Å²) >= 11 is 0. The molecule has 10 aromatic rings. The molecule has 10 aromatic carbocycles. The average molecular weight is 1740 g/mol. The van der Waals surface area contributed by atoms with Crippen LogP contribution < -0.4 is 70.0 Å². The van der Waals surface area contributed by atoms with Crippen molar-refractivity contribution in [2.24, 2.45) is 0 Å². The zero-order chi connectivity index (χ0) is 92.1. The monoisotopic (exact) mass is 1730 g/mol. The highest BCUT2D eigenvalue weighted by Gasteiger charge is 2.42. The van der Waals surface area contributed by atoms with Crippen LogP contribution >= 0.6 is 0 Å². The van der Waals surface area contributed by atoms with Crippen LogP contribution in [0.3, 0.4) is 0 Å². The Hall–Kier alpha value is -15.8. The number of Topliss-reactive ketones (excluding diaryl/α,β-unsaturated/α-hetero) is 5. The number of nitrogens with one attached hydrogen (secondary N) is 10. The van der Waals surface area contributed by atoms with E-state index >= 15 is 0 Å². The average Bonchev–Trinajstić information content (AvgIpc) is 1.63. The number of carbonyl (C=O) groups excluding carboxylic acids is 5. The summed E-state index contributed by atoms with van der Waals surface area (Å²) in [5.74, 6) is 2.73. The number of nitrogens with zero attached hydrogens (tertiary/aromatic N) is 6. The van der Waals surface area contributed by atoms with Crippen LogP contribution in [0.15, 0.2) is 238 Å². The first-order chi connectivity index (χ1) is 62.3. The molecule has 10 aliphatic rings. The predicted molar refractivity (Wildman–Crippen MR) is 510 cm³/mol. The molecule has 25 nitrogen and oxygen atoms in total. The molecule has 0 aromatic heterocycles. The SMILES string of the molecule is COc1cc(OC)cc(N2CC(=O)C(=C3Cc4cccc(C#N)c4N3)C2=N)c1.COc1cc(OC)cc(N2CC(=O)C(=C3Cc4cccc(F)c4N3)C2=N)c1.Cc1cc(C)cc(N2CC(=O)C(=C3Cc4ccc(C)cc4N3)C2=N)c1.Cc1cc(C)cc(N2CC(=O)C(=C3Cc4ccc(C)cc4N3)C2=N)c1.Cc1cc(C)cc(N2CC(=O)C(=C3Cc4cccc(C)c4N3)C2=N)c1. The Morgan fingerprint density at radius 3 is 0.900 bits per heavy atom. The number of hydrogen-bond donors (Lipinski definition) is 10. The van der Waals surface area contributed by atoms with Gasteiger partial charge in [0, 0.05) is 131 Å². The van der Waals surface area contributed by atoms with Crippen molar-refractivity contribution in [3.05, 3.63) is 328 Å². The fraction of sp³-hybridized carbons (Fsp3) is 0.221. The minimum absolute atomic E-state index is 0.0104. The first-order valence-corrected chi connectivity index (χ1v) is 42.6. The van der Waals surface area contributed by atoms with E-state index in [9.17, 15) is 33.6 Å². The number of anilines is 10. The third-order valence-corrected chi connectivity index (χ3v) is 24.3. The van der Waals surface area contributed by atoms with Crippen molar-refractivity contribution < 1.29 is 47.3 Å². The topological polar surface area (TPSA) is 342 Å². The lowest BCUT2D eigenvalue weighted by Gasteiger charge is -2.19. The van der Waals surface area contributed by atoms with Crippen LogP contribution in [-0.2, 0) is 56.1 Å². The summed E-state index contributed by atoms with van der Waals surface area (Å²) in [6.07, 6.45) is 2.93. The number of nitriles is 1. The maximum absolute atomic E-state index is 14.0. The molecule has 0 bridgehead atoms. The van der Waals surface area contributed by atoms with Gasteiger partial charge in [0.05, 0.1) is 117 Å². The summed E-state index contributed by atoms with van der Waals surface area (Å²) in [5.41, 5.74) is 30.4. The number of rotatable bonds is 9. The van der Waals surface area contributed by atoms with Crippen molar-refractivity contribution in [3.63, 3.8) is 0 Å². The van der Waals surface area contributed by atoms with Gasteiger partial charge in [0.1, 0.15) is 64.1 Å². The Balaban J connectivity index is 0.000000119. The summed E-state index contributed by atoms with van der Waals surface area (Å²) in [7, 11) is 6.19. The molecular weight excluding hydrogens is 1640 g/mol. The van der Waals surface area contributed by atoms with Gasteiger partial charge in [-0.25, -0.2) is 4.39 Å². The van der Waals surface area contributed by atoms with Gasteiger partial charge in [-0.05, 0) is 201 Å². The van der Waals surface area contributed by atoms with E-state index in [-0.39, 0.29) is 84.7 Å². The maximum atomic E-state index is 14.0.